The average Bonchev–Trinajstić information content (AvgIpc) is 3.24. The number of pyridine rings is 1. The molecule has 1 aliphatic rings. The minimum absolute atomic E-state index is 0.0399. The minimum atomic E-state index is 0.0399. The van der Waals surface area contributed by atoms with Crippen LogP contribution in [0.1, 0.15) is 65.6 Å². The normalized spacial score (nSPS) is 18.5. The first-order chi connectivity index (χ1) is 14.9. The van der Waals surface area contributed by atoms with Gasteiger partial charge >= 0.3 is 0 Å². The van der Waals surface area contributed by atoms with E-state index in [1.807, 2.05) is 12.3 Å². The number of rotatable bonds is 6. The molecular weight excluding hydrogens is 400 g/mol. The fraction of sp³-hybridized carbons (Fsp3) is 0.385. The van der Waals surface area contributed by atoms with Crippen molar-refractivity contribution in [1.29, 1.82) is 0 Å². The van der Waals surface area contributed by atoms with Crippen molar-refractivity contribution in [2.24, 2.45) is 0 Å². The summed E-state index contributed by atoms with van der Waals surface area (Å²) in [5.74, 6) is 0. The van der Waals surface area contributed by atoms with Gasteiger partial charge < -0.3 is 14.8 Å². The largest absolute Gasteiger partial charge is 0.352 e. The first kappa shape index (κ1) is 21.6. The predicted molar refractivity (Wildman–Crippen MR) is 132 cm³/mol. The Morgan fingerprint density at radius 2 is 1.87 bits per heavy atom. The SMILES string of the molecule is CCCCN1C(=S)N[C@H](c2ccccn2)[C@@H]1c1cc(C)n(-c2cc(C)ccc2C)c1C. The third-order valence-corrected chi connectivity index (χ3v) is 6.70. The summed E-state index contributed by atoms with van der Waals surface area (Å²) in [6.45, 7) is 11.9. The maximum Gasteiger partial charge on any atom is 0.170 e. The van der Waals surface area contributed by atoms with E-state index < -0.39 is 0 Å². The maximum atomic E-state index is 5.80. The van der Waals surface area contributed by atoms with Crippen molar-refractivity contribution in [3.05, 3.63) is 82.4 Å². The quantitative estimate of drug-likeness (QED) is 0.493. The topological polar surface area (TPSA) is 33.1 Å². The van der Waals surface area contributed by atoms with Gasteiger partial charge in [-0.1, -0.05) is 31.5 Å². The summed E-state index contributed by atoms with van der Waals surface area (Å²) in [7, 11) is 0. The summed E-state index contributed by atoms with van der Waals surface area (Å²) >= 11 is 5.80. The van der Waals surface area contributed by atoms with Gasteiger partial charge in [-0.3, -0.25) is 4.98 Å². The molecule has 1 aliphatic heterocycles. The van der Waals surface area contributed by atoms with Crippen LogP contribution < -0.4 is 5.32 Å². The van der Waals surface area contributed by atoms with Gasteiger partial charge in [-0.25, -0.2) is 0 Å². The van der Waals surface area contributed by atoms with Crippen LogP contribution in [0.3, 0.4) is 0 Å². The van der Waals surface area contributed by atoms with E-state index >= 15 is 0 Å². The smallest absolute Gasteiger partial charge is 0.170 e. The van der Waals surface area contributed by atoms with Crippen LogP contribution in [0, 0.1) is 27.7 Å². The van der Waals surface area contributed by atoms with Gasteiger partial charge in [-0.2, -0.15) is 0 Å². The van der Waals surface area contributed by atoms with Crippen molar-refractivity contribution in [1.82, 2.24) is 19.8 Å². The second kappa shape index (κ2) is 8.83. The number of benzene rings is 1. The molecule has 2 atom stereocenters. The van der Waals surface area contributed by atoms with Crippen molar-refractivity contribution in [3.8, 4) is 5.69 Å². The van der Waals surface area contributed by atoms with Crippen molar-refractivity contribution in [2.45, 2.75) is 59.5 Å². The van der Waals surface area contributed by atoms with Crippen LogP contribution >= 0.6 is 12.2 Å². The zero-order valence-electron chi connectivity index (χ0n) is 19.1. The molecule has 0 spiro atoms. The Morgan fingerprint density at radius 1 is 1.06 bits per heavy atom. The van der Waals surface area contributed by atoms with Gasteiger partial charge in [0.15, 0.2) is 5.11 Å². The highest BCUT2D eigenvalue weighted by Gasteiger charge is 2.41. The zero-order chi connectivity index (χ0) is 22.1. The monoisotopic (exact) mass is 432 g/mol. The summed E-state index contributed by atoms with van der Waals surface area (Å²) in [5, 5.41) is 4.40. The first-order valence-corrected chi connectivity index (χ1v) is 11.6. The fourth-order valence-electron chi connectivity index (χ4n) is 4.73. The molecule has 1 N–H and O–H groups in total. The Hall–Kier alpha value is -2.66. The molecule has 31 heavy (non-hydrogen) atoms. The molecule has 0 amide bonds. The van der Waals surface area contributed by atoms with Crippen LogP contribution in [0.15, 0.2) is 48.7 Å². The molecule has 3 aromatic rings. The molecule has 4 rings (SSSR count). The van der Waals surface area contributed by atoms with Crippen LogP contribution in [0.25, 0.3) is 5.69 Å². The van der Waals surface area contributed by atoms with Crippen molar-refractivity contribution in [2.75, 3.05) is 6.54 Å². The molecule has 0 radical (unpaired) electrons. The number of aryl methyl sites for hydroxylation is 3. The Morgan fingerprint density at radius 3 is 2.58 bits per heavy atom. The summed E-state index contributed by atoms with van der Waals surface area (Å²) in [6, 6.07) is 15.3. The lowest BCUT2D eigenvalue weighted by Crippen LogP contribution is -2.30. The molecule has 0 unspecified atom stereocenters. The number of thiocarbonyl (C=S) groups is 1. The molecular formula is C26H32N4S. The van der Waals surface area contributed by atoms with E-state index in [0.717, 1.165) is 30.2 Å². The number of aromatic nitrogens is 2. The van der Waals surface area contributed by atoms with Gasteiger partial charge in [0.2, 0.25) is 0 Å². The highest BCUT2D eigenvalue weighted by molar-refractivity contribution is 7.80. The van der Waals surface area contributed by atoms with Crippen molar-refractivity contribution in [3.63, 3.8) is 0 Å². The molecule has 0 aliphatic carbocycles. The second-order valence-electron chi connectivity index (χ2n) is 8.63. The van der Waals surface area contributed by atoms with E-state index in [1.165, 1.54) is 33.8 Å². The average molecular weight is 433 g/mol. The first-order valence-electron chi connectivity index (χ1n) is 11.2. The molecule has 3 heterocycles. The second-order valence-corrected chi connectivity index (χ2v) is 9.01. The van der Waals surface area contributed by atoms with Crippen LogP contribution in [0.2, 0.25) is 0 Å². The lowest BCUT2D eigenvalue weighted by Gasteiger charge is -2.28. The highest BCUT2D eigenvalue weighted by Crippen LogP contribution is 2.41. The van der Waals surface area contributed by atoms with Crippen molar-refractivity contribution < 1.29 is 0 Å². The van der Waals surface area contributed by atoms with Crippen LogP contribution in [0.5, 0.6) is 0 Å². The lowest BCUT2D eigenvalue weighted by atomic mass is 9.96. The molecule has 0 saturated carbocycles. The third-order valence-electron chi connectivity index (χ3n) is 6.34. The zero-order valence-corrected chi connectivity index (χ0v) is 20.0. The van der Waals surface area contributed by atoms with E-state index in [1.54, 1.807) is 0 Å². The van der Waals surface area contributed by atoms with Gasteiger partial charge in [0.1, 0.15) is 0 Å². The number of hydrogen-bond acceptors (Lipinski definition) is 2. The number of hydrogen-bond donors (Lipinski definition) is 1. The number of nitrogens with zero attached hydrogens (tertiary/aromatic N) is 3. The molecule has 1 fully saturated rings. The van der Waals surface area contributed by atoms with Gasteiger partial charge in [-0.15, -0.1) is 0 Å². The molecule has 0 bridgehead atoms. The van der Waals surface area contributed by atoms with Gasteiger partial charge in [-0.05, 0) is 87.3 Å². The van der Waals surface area contributed by atoms with E-state index in [2.05, 4.69) is 90.8 Å². The Labute approximate surface area is 191 Å². The number of unbranched alkanes of at least 4 members (excludes halogenated alkanes) is 1. The molecule has 1 saturated heterocycles. The van der Waals surface area contributed by atoms with E-state index in [-0.39, 0.29) is 12.1 Å². The lowest BCUT2D eigenvalue weighted by molar-refractivity contribution is 0.312. The summed E-state index contributed by atoms with van der Waals surface area (Å²) in [4.78, 5) is 7.04. The van der Waals surface area contributed by atoms with Gasteiger partial charge in [0.25, 0.3) is 0 Å². The minimum Gasteiger partial charge on any atom is -0.352 e. The van der Waals surface area contributed by atoms with Gasteiger partial charge in [0, 0.05) is 29.8 Å². The molecule has 5 heteroatoms. The number of nitrogens with one attached hydrogen (secondary N) is 1. The summed E-state index contributed by atoms with van der Waals surface area (Å²) in [5.41, 5.74) is 8.67. The standard InChI is InChI=1S/C26H32N4S/c1-6-7-14-29-25(24(28-26(29)31)22-10-8-9-13-27-22)21-16-19(4)30(20(21)5)23-15-17(2)11-12-18(23)3/h8-13,15-16,24-25H,6-7,14H2,1-5H3,(H,28,31)/t24-,25+/m1/s1. The summed E-state index contributed by atoms with van der Waals surface area (Å²) < 4.78 is 2.40. The molecule has 162 valence electrons. The third kappa shape index (κ3) is 3.99. The highest BCUT2D eigenvalue weighted by atomic mass is 32.1. The van der Waals surface area contributed by atoms with Crippen molar-refractivity contribution >= 4 is 17.3 Å². The Bertz CT molecular complexity index is 1090. The van der Waals surface area contributed by atoms with Gasteiger partial charge in [0.05, 0.1) is 17.8 Å². The summed E-state index contributed by atoms with van der Waals surface area (Å²) in [6.07, 6.45) is 4.12. The van der Waals surface area contributed by atoms with Crippen LogP contribution in [-0.2, 0) is 0 Å². The molecule has 1 aromatic carbocycles. The van der Waals surface area contributed by atoms with E-state index in [9.17, 15) is 0 Å². The fourth-order valence-corrected chi connectivity index (χ4v) is 5.06. The van der Waals surface area contributed by atoms with E-state index in [4.69, 9.17) is 12.2 Å². The van der Waals surface area contributed by atoms with E-state index in [0.29, 0.717) is 0 Å². The Kier molecular flexibility index (Phi) is 6.15. The predicted octanol–water partition coefficient (Wildman–Crippen LogP) is 5.88. The van der Waals surface area contributed by atoms with Crippen LogP contribution in [0.4, 0.5) is 0 Å². The molecule has 2 aromatic heterocycles. The Balaban J connectivity index is 1.84. The molecule has 4 nitrogen and oxygen atoms in total. The maximum absolute atomic E-state index is 5.80. The van der Waals surface area contributed by atoms with Crippen LogP contribution in [-0.4, -0.2) is 26.1 Å².